The third kappa shape index (κ3) is 18.4. The van der Waals surface area contributed by atoms with Crippen molar-refractivity contribution in [2.75, 3.05) is 57.6 Å². The summed E-state index contributed by atoms with van der Waals surface area (Å²) in [6.07, 6.45) is 10.6. The van der Waals surface area contributed by atoms with Gasteiger partial charge in [-0.2, -0.15) is 0 Å². The fourth-order valence-electron chi connectivity index (χ4n) is 8.56. The molecule has 82 heavy (non-hydrogen) atoms. The summed E-state index contributed by atoms with van der Waals surface area (Å²) >= 11 is 0. The maximum atomic E-state index is 13.6. The molecule has 0 aliphatic carbocycles. The van der Waals surface area contributed by atoms with Crippen molar-refractivity contribution in [2.45, 2.75) is 104 Å². The summed E-state index contributed by atoms with van der Waals surface area (Å²) in [5, 5.41) is 2.06. The van der Waals surface area contributed by atoms with E-state index in [1.165, 1.54) is 23.2 Å². The van der Waals surface area contributed by atoms with E-state index in [4.69, 9.17) is 27.3 Å². The van der Waals surface area contributed by atoms with E-state index in [1.54, 1.807) is 55.4 Å². The number of benzene rings is 2. The Bertz CT molecular complexity index is 3380. The first-order valence-corrected chi connectivity index (χ1v) is 37.3. The first-order chi connectivity index (χ1) is 38.7. The van der Waals surface area contributed by atoms with Gasteiger partial charge in [0, 0.05) is 89.5 Å². The van der Waals surface area contributed by atoms with Crippen LogP contribution in [0.4, 0.5) is 11.6 Å². The monoisotopic (exact) mass is 1200 g/mol. The molecule has 1 atom stereocenters. The van der Waals surface area contributed by atoms with Gasteiger partial charge >= 0.3 is 7.82 Å². The number of pyridine rings is 2. The lowest BCUT2D eigenvalue weighted by Crippen LogP contribution is -2.40. The molecule has 4 aromatic heterocycles. The molecule has 21 nitrogen and oxygen atoms in total. The van der Waals surface area contributed by atoms with E-state index in [-0.39, 0.29) is 62.2 Å². The smallest absolute Gasteiger partial charge is 0.476 e. The highest BCUT2D eigenvalue weighted by molar-refractivity contribution is 7.48. The van der Waals surface area contributed by atoms with E-state index >= 15 is 0 Å². The van der Waals surface area contributed by atoms with Crippen LogP contribution in [0.3, 0.4) is 0 Å². The quantitative estimate of drug-likeness (QED) is 0.0364. The van der Waals surface area contributed by atoms with Gasteiger partial charge in [-0.25, -0.2) is 14.5 Å². The minimum Gasteiger partial charge on any atom is -0.756 e. The number of likely N-dealkylation sites (N-methyl/N-ethyl adjacent to an activating group) is 2. The molecule has 6 heterocycles. The van der Waals surface area contributed by atoms with E-state index in [0.29, 0.717) is 42.9 Å². The molecule has 0 saturated carbocycles. The normalized spacial score (nSPS) is 14.6. The summed E-state index contributed by atoms with van der Waals surface area (Å²) in [5.74, 6) is 1.21. The molecule has 0 fully saturated rings. The highest BCUT2D eigenvalue weighted by Gasteiger charge is 2.34. The van der Waals surface area contributed by atoms with Crippen LogP contribution in [0.2, 0.25) is 51.4 Å². The number of anilines is 2. The predicted octanol–water partition coefficient (Wildman–Crippen LogP) is 9.26. The van der Waals surface area contributed by atoms with Crippen molar-refractivity contribution >= 4 is 101 Å². The Kier molecular flexibility index (Phi) is 22.5. The minimum absolute atomic E-state index is 0.137. The maximum absolute atomic E-state index is 13.6. The van der Waals surface area contributed by atoms with E-state index in [2.05, 4.69) is 59.5 Å². The second-order valence-corrected chi connectivity index (χ2v) is 36.3. The Morgan fingerprint density at radius 1 is 0.671 bits per heavy atom. The van der Waals surface area contributed by atoms with Crippen molar-refractivity contribution in [2.24, 2.45) is 0 Å². The number of aryl methyl sites for hydroxylation is 4. The molecule has 8 rings (SSSR count). The van der Waals surface area contributed by atoms with Crippen LogP contribution < -0.4 is 20.4 Å². The SMILES string of the molecule is C[NH3+].Cc1c(CN(C)C(=O)/C=C/c2cnc3c(c2)CCC(=O)N3COP(=O)(OCC[Si](C)(C)C)OCC[Si](C)(C)C)oc2ccccc12.Cc1c(CN(C)C(=O)/C=C/c2cnc3c(c2)CCC(=O)N3COP(=O)([O-])O)oc2ccccc12. The summed E-state index contributed by atoms with van der Waals surface area (Å²) in [6.45, 7) is 17.5. The molecule has 0 saturated heterocycles. The number of aromatic nitrogens is 2. The number of quaternary nitrogens is 1. The van der Waals surface area contributed by atoms with Crippen molar-refractivity contribution in [3.05, 3.63) is 130 Å². The average molecular weight is 1200 g/mol. The number of rotatable bonds is 22. The highest BCUT2D eigenvalue weighted by atomic mass is 31.2. The number of furan rings is 2. The Hall–Kier alpha value is -6.21. The second-order valence-electron chi connectivity index (χ2n) is 22.2. The number of para-hydroxylation sites is 2. The van der Waals surface area contributed by atoms with Crippen LogP contribution in [0.25, 0.3) is 34.1 Å². The third-order valence-electron chi connectivity index (χ3n) is 13.4. The first-order valence-electron chi connectivity index (χ1n) is 27.0. The van der Waals surface area contributed by atoms with Crippen molar-refractivity contribution in [1.29, 1.82) is 0 Å². The zero-order valence-corrected chi connectivity index (χ0v) is 52.6. The predicted molar refractivity (Wildman–Crippen MR) is 319 cm³/mol. The Morgan fingerprint density at radius 2 is 1.06 bits per heavy atom. The summed E-state index contributed by atoms with van der Waals surface area (Å²) in [5.41, 5.74) is 9.75. The molecule has 0 spiro atoms. The van der Waals surface area contributed by atoms with Gasteiger partial charge in [-0.15, -0.1) is 0 Å². The van der Waals surface area contributed by atoms with Gasteiger partial charge in [-0.3, -0.25) is 51.6 Å². The van der Waals surface area contributed by atoms with Crippen LogP contribution in [-0.4, -0.2) is 112 Å². The van der Waals surface area contributed by atoms with E-state index in [1.807, 2.05) is 68.4 Å². The Labute approximate surface area is 481 Å². The molecule has 1 unspecified atom stereocenters. The summed E-state index contributed by atoms with van der Waals surface area (Å²) < 4.78 is 58.0. The van der Waals surface area contributed by atoms with Crippen molar-refractivity contribution in [3.63, 3.8) is 0 Å². The molecule has 0 radical (unpaired) electrons. The van der Waals surface area contributed by atoms with Gasteiger partial charge in [0.15, 0.2) is 0 Å². The number of phosphoric acid groups is 2. The van der Waals surface area contributed by atoms with E-state index < -0.39 is 38.5 Å². The van der Waals surface area contributed by atoms with Crippen LogP contribution in [-0.2, 0) is 72.3 Å². The van der Waals surface area contributed by atoms with Gasteiger partial charge in [0.1, 0.15) is 47.8 Å². The Morgan fingerprint density at radius 3 is 1.44 bits per heavy atom. The molecule has 2 aliphatic heterocycles. The lowest BCUT2D eigenvalue weighted by atomic mass is 10.0. The standard InChI is InChI=1S/C33H48N3O7PSi2.C23H24N3O7P.CH5N/c1-25-28-11-9-10-12-29(28)43-30(25)23-35(2)31(37)15-13-26-21-27-14-16-32(38)36(33(27)34-22-26)24-42-44(39,40-17-19-45(3,4)5)41-18-20-46(6,7)8;1-15-18-5-3-4-6-19(18)33-20(15)13-25(2)21(27)9-7-16-11-17-8-10-22(28)26(23(17)24-12-16)14-32-34(29,30)31;1-2/h9-13,15,21-22H,14,16-20,23-24H2,1-8H3;3-7,9,11-12H,8,10,13-14H2,1-2H3,(H2,29,30,31);2H2,1H3/b15-13+;9-7+;. The molecule has 2 aromatic carbocycles. The van der Waals surface area contributed by atoms with E-state index in [9.17, 15) is 33.2 Å². The Balaban J connectivity index is 0.000000267. The van der Waals surface area contributed by atoms with E-state index in [0.717, 1.165) is 72.7 Å². The van der Waals surface area contributed by atoms with Gasteiger partial charge in [-0.1, -0.05) is 75.7 Å². The molecule has 442 valence electrons. The lowest BCUT2D eigenvalue weighted by Gasteiger charge is -2.29. The third-order valence-corrected chi connectivity index (χ3v) is 18.7. The van der Waals surface area contributed by atoms with Crippen molar-refractivity contribution in [1.82, 2.24) is 19.8 Å². The number of hydrogen-bond donors (Lipinski definition) is 2. The largest absolute Gasteiger partial charge is 0.756 e. The van der Waals surface area contributed by atoms with Crippen LogP contribution in [0.5, 0.6) is 0 Å². The first kappa shape index (κ1) is 65.0. The van der Waals surface area contributed by atoms with Crippen LogP contribution in [0.15, 0.2) is 94.0 Å². The number of nitrogens with zero attached hydrogens (tertiary/aromatic N) is 6. The van der Waals surface area contributed by atoms with Crippen LogP contribution in [0, 0.1) is 13.8 Å². The molecular weight excluding hydrogens is 1120 g/mol. The number of carbonyl (C=O) groups is 4. The number of fused-ring (bicyclic) bond motifs is 4. The fourth-order valence-corrected chi connectivity index (χ4v) is 11.7. The topological polar surface area (TPSA) is 275 Å². The van der Waals surface area contributed by atoms with Crippen molar-refractivity contribution < 1.29 is 70.8 Å². The van der Waals surface area contributed by atoms with Crippen LogP contribution >= 0.6 is 15.6 Å². The van der Waals surface area contributed by atoms with Gasteiger partial charge in [0.05, 0.1) is 33.4 Å². The molecule has 4 N–H and O–H groups in total. The van der Waals surface area contributed by atoms with Crippen LogP contribution in [0.1, 0.15) is 57.7 Å². The molecule has 0 bridgehead atoms. The van der Waals surface area contributed by atoms with Gasteiger partial charge in [0.2, 0.25) is 23.6 Å². The average Bonchev–Trinajstić information content (AvgIpc) is 3.93. The second kappa shape index (κ2) is 28.4. The molecule has 2 aliphatic rings. The zero-order chi connectivity index (χ0) is 60.2. The van der Waals surface area contributed by atoms with Gasteiger partial charge in [-0.05, 0) is 97.4 Å². The molecule has 4 amide bonds. The maximum Gasteiger partial charge on any atom is 0.476 e. The van der Waals surface area contributed by atoms with Crippen molar-refractivity contribution in [3.8, 4) is 0 Å². The van der Waals surface area contributed by atoms with Gasteiger partial charge < -0.3 is 34.2 Å². The number of amides is 4. The summed E-state index contributed by atoms with van der Waals surface area (Å²) in [4.78, 5) is 84.7. The van der Waals surface area contributed by atoms with Gasteiger partial charge in [0.25, 0.3) is 7.82 Å². The highest BCUT2D eigenvalue weighted by Crippen LogP contribution is 2.51. The minimum atomic E-state index is -4.98. The number of carbonyl (C=O) groups excluding carboxylic acids is 4. The lowest BCUT2D eigenvalue weighted by molar-refractivity contribution is -0.325. The molecule has 25 heteroatoms. The number of hydrogen-bond acceptors (Lipinski definition) is 15. The summed E-state index contributed by atoms with van der Waals surface area (Å²) in [6, 6.07) is 20.8. The number of phosphoric ester groups is 2. The fraction of sp³-hybridized carbons (Fsp3) is 0.404. The molecular formula is C57H77N7O14P2Si2. The zero-order valence-electron chi connectivity index (χ0n) is 48.8. The molecule has 6 aromatic rings. The summed E-state index contributed by atoms with van der Waals surface area (Å²) in [7, 11) is -6.61.